The molecule has 0 atom stereocenters. The molecule has 0 aliphatic carbocycles. The molecule has 1 aromatic rings. The van der Waals surface area contributed by atoms with Crippen molar-refractivity contribution in [2.75, 3.05) is 13.6 Å². The van der Waals surface area contributed by atoms with E-state index in [1.807, 2.05) is 0 Å². The zero-order valence-corrected chi connectivity index (χ0v) is 8.95. The van der Waals surface area contributed by atoms with Gasteiger partial charge in [-0.3, -0.25) is 9.78 Å². The van der Waals surface area contributed by atoms with Crippen molar-refractivity contribution in [3.63, 3.8) is 0 Å². The van der Waals surface area contributed by atoms with Gasteiger partial charge in [0.1, 0.15) is 5.69 Å². The lowest BCUT2D eigenvalue weighted by molar-refractivity contribution is -0.137. The summed E-state index contributed by atoms with van der Waals surface area (Å²) in [5, 5.41) is 0. The van der Waals surface area contributed by atoms with Crippen molar-refractivity contribution < 1.29 is 18.0 Å². The molecular weight excluding hydrogens is 233 g/mol. The molecule has 0 unspecified atom stereocenters. The monoisotopic (exact) mass is 242 g/mol. The van der Waals surface area contributed by atoms with Gasteiger partial charge in [-0.2, -0.15) is 13.2 Å². The number of halogens is 3. The second-order valence-corrected chi connectivity index (χ2v) is 3.30. The van der Waals surface area contributed by atoms with Gasteiger partial charge in [0.25, 0.3) is 5.91 Å². The summed E-state index contributed by atoms with van der Waals surface area (Å²) in [6.07, 6.45) is 1.18. The molecule has 0 spiro atoms. The van der Waals surface area contributed by atoms with E-state index >= 15 is 0 Å². The first-order chi connectivity index (χ1) is 7.86. The molecule has 0 saturated carbocycles. The van der Waals surface area contributed by atoms with E-state index in [0.29, 0.717) is 6.20 Å². The van der Waals surface area contributed by atoms with Gasteiger partial charge in [0.2, 0.25) is 0 Å². The Morgan fingerprint density at radius 3 is 2.59 bits per heavy atom. The van der Waals surface area contributed by atoms with Crippen LogP contribution in [0.4, 0.5) is 13.2 Å². The van der Waals surface area contributed by atoms with E-state index in [1.165, 1.54) is 11.9 Å². The van der Waals surface area contributed by atoms with Crippen molar-refractivity contribution in [1.29, 1.82) is 0 Å². The quantitative estimate of drug-likeness (QED) is 0.741. The molecule has 3 nitrogen and oxygen atoms in total. The lowest BCUT2D eigenvalue weighted by atomic mass is 10.2. The Bertz CT molecular complexity index is 445. The van der Waals surface area contributed by atoms with Gasteiger partial charge in [-0.1, -0.05) is 5.92 Å². The van der Waals surface area contributed by atoms with E-state index < -0.39 is 17.6 Å². The number of rotatable bonds is 2. The second-order valence-electron chi connectivity index (χ2n) is 3.30. The summed E-state index contributed by atoms with van der Waals surface area (Å²) in [6, 6.07) is 1.84. The molecule has 0 fully saturated rings. The molecule has 0 aliphatic rings. The lowest BCUT2D eigenvalue weighted by Crippen LogP contribution is -2.27. The SMILES string of the molecule is C#CCN(C)C(=O)c1ccc(C(F)(F)F)cn1. The highest BCUT2D eigenvalue weighted by Gasteiger charge is 2.31. The molecule has 1 amide bonds. The van der Waals surface area contributed by atoms with Crippen LogP contribution < -0.4 is 0 Å². The molecule has 1 heterocycles. The van der Waals surface area contributed by atoms with Gasteiger partial charge < -0.3 is 4.90 Å². The average Bonchev–Trinajstić information content (AvgIpc) is 2.27. The van der Waals surface area contributed by atoms with Crippen LogP contribution in [0.15, 0.2) is 18.3 Å². The number of carbonyl (C=O) groups is 1. The predicted molar refractivity (Wildman–Crippen MR) is 55.0 cm³/mol. The number of carbonyl (C=O) groups excluding carboxylic acids is 1. The van der Waals surface area contributed by atoms with Crippen LogP contribution in [-0.4, -0.2) is 29.4 Å². The zero-order valence-electron chi connectivity index (χ0n) is 8.95. The number of pyridine rings is 1. The summed E-state index contributed by atoms with van der Waals surface area (Å²) in [5.74, 6) is 1.73. The molecular formula is C11H9F3N2O. The van der Waals surface area contributed by atoms with Crippen LogP contribution in [0.1, 0.15) is 16.1 Å². The molecule has 0 saturated heterocycles. The van der Waals surface area contributed by atoms with Gasteiger partial charge in [0, 0.05) is 13.2 Å². The number of aromatic nitrogens is 1. The number of hydrogen-bond acceptors (Lipinski definition) is 2. The van der Waals surface area contributed by atoms with Gasteiger partial charge in [-0.15, -0.1) is 6.42 Å². The maximum atomic E-state index is 12.2. The first kappa shape index (κ1) is 13.0. The Morgan fingerprint density at radius 1 is 1.53 bits per heavy atom. The minimum absolute atomic E-state index is 0.0710. The largest absolute Gasteiger partial charge is 0.417 e. The van der Waals surface area contributed by atoms with Crippen LogP contribution in [0.3, 0.4) is 0 Å². The third kappa shape index (κ3) is 3.21. The van der Waals surface area contributed by atoms with Crippen LogP contribution in [0, 0.1) is 12.3 Å². The molecule has 1 rings (SSSR count). The van der Waals surface area contributed by atoms with E-state index in [9.17, 15) is 18.0 Å². The molecule has 6 heteroatoms. The molecule has 0 bridgehead atoms. The number of nitrogens with zero attached hydrogens (tertiary/aromatic N) is 2. The Kier molecular flexibility index (Phi) is 3.73. The molecule has 17 heavy (non-hydrogen) atoms. The van der Waals surface area contributed by atoms with E-state index in [1.54, 1.807) is 0 Å². The van der Waals surface area contributed by atoms with Crippen LogP contribution in [0.25, 0.3) is 0 Å². The summed E-state index contributed by atoms with van der Waals surface area (Å²) in [4.78, 5) is 16.2. The van der Waals surface area contributed by atoms with Crippen molar-refractivity contribution >= 4 is 5.91 Å². The van der Waals surface area contributed by atoms with Crippen molar-refractivity contribution in [3.05, 3.63) is 29.6 Å². The van der Waals surface area contributed by atoms with Crippen LogP contribution >= 0.6 is 0 Å². The second kappa shape index (κ2) is 4.87. The fourth-order valence-corrected chi connectivity index (χ4v) is 1.09. The predicted octanol–water partition coefficient (Wildman–Crippen LogP) is 1.81. The molecule has 0 aromatic carbocycles. The standard InChI is InChI=1S/C11H9F3N2O/c1-3-6-16(2)10(17)9-5-4-8(7-15-9)11(12,13)14/h1,4-5,7H,6H2,2H3. The summed E-state index contributed by atoms with van der Waals surface area (Å²) in [6.45, 7) is 0.0710. The molecule has 1 aromatic heterocycles. The maximum Gasteiger partial charge on any atom is 0.417 e. The minimum atomic E-state index is -4.46. The van der Waals surface area contributed by atoms with E-state index in [4.69, 9.17) is 6.42 Å². The third-order valence-corrected chi connectivity index (χ3v) is 1.99. The summed E-state index contributed by atoms with van der Waals surface area (Å²) in [7, 11) is 1.45. The van der Waals surface area contributed by atoms with Crippen molar-refractivity contribution in [3.8, 4) is 12.3 Å². The van der Waals surface area contributed by atoms with Gasteiger partial charge in [-0.05, 0) is 12.1 Å². The normalized spacial score (nSPS) is 10.8. The molecule has 0 radical (unpaired) electrons. The van der Waals surface area contributed by atoms with Crippen molar-refractivity contribution in [2.45, 2.75) is 6.18 Å². The molecule has 90 valence electrons. The number of terminal acetylenes is 1. The lowest BCUT2D eigenvalue weighted by Gasteiger charge is -2.13. The Morgan fingerprint density at radius 2 is 2.18 bits per heavy atom. The summed E-state index contributed by atoms with van der Waals surface area (Å²) < 4.78 is 36.7. The van der Waals surface area contributed by atoms with E-state index in [-0.39, 0.29) is 12.2 Å². The molecule has 0 N–H and O–H groups in total. The number of amides is 1. The fourth-order valence-electron chi connectivity index (χ4n) is 1.09. The average molecular weight is 242 g/mol. The highest BCUT2D eigenvalue weighted by atomic mass is 19.4. The first-order valence-electron chi connectivity index (χ1n) is 4.58. The number of hydrogen-bond donors (Lipinski definition) is 0. The molecule has 0 aliphatic heterocycles. The summed E-state index contributed by atoms with van der Waals surface area (Å²) >= 11 is 0. The van der Waals surface area contributed by atoms with Gasteiger partial charge in [0.05, 0.1) is 12.1 Å². The topological polar surface area (TPSA) is 33.2 Å². The van der Waals surface area contributed by atoms with Crippen molar-refractivity contribution in [2.24, 2.45) is 0 Å². The Balaban J connectivity index is 2.89. The highest BCUT2D eigenvalue weighted by Crippen LogP contribution is 2.28. The van der Waals surface area contributed by atoms with Gasteiger partial charge >= 0.3 is 6.18 Å². The van der Waals surface area contributed by atoms with Crippen LogP contribution in [0.2, 0.25) is 0 Å². The van der Waals surface area contributed by atoms with Gasteiger partial charge in [0.15, 0.2) is 0 Å². The number of alkyl halides is 3. The van der Waals surface area contributed by atoms with Crippen LogP contribution in [-0.2, 0) is 6.18 Å². The maximum absolute atomic E-state index is 12.2. The minimum Gasteiger partial charge on any atom is -0.329 e. The van der Waals surface area contributed by atoms with E-state index in [0.717, 1.165) is 12.1 Å². The summed E-state index contributed by atoms with van der Waals surface area (Å²) in [5.41, 5.74) is -0.968. The fraction of sp³-hybridized carbons (Fsp3) is 0.273. The smallest absolute Gasteiger partial charge is 0.329 e. The Labute approximate surface area is 96.3 Å². The van der Waals surface area contributed by atoms with Gasteiger partial charge in [-0.25, -0.2) is 0 Å². The third-order valence-electron chi connectivity index (χ3n) is 1.99. The highest BCUT2D eigenvalue weighted by molar-refractivity contribution is 5.92. The van der Waals surface area contributed by atoms with E-state index in [2.05, 4.69) is 10.9 Å². The zero-order chi connectivity index (χ0) is 13.1. The Hall–Kier alpha value is -2.03. The van der Waals surface area contributed by atoms with Crippen LogP contribution in [0.5, 0.6) is 0 Å². The first-order valence-corrected chi connectivity index (χ1v) is 4.58. The van der Waals surface area contributed by atoms with Crippen molar-refractivity contribution in [1.82, 2.24) is 9.88 Å².